The molecule has 0 fully saturated rings. The number of hydrogen-bond acceptors (Lipinski definition) is 3. The predicted molar refractivity (Wildman–Crippen MR) is 76.8 cm³/mol. The summed E-state index contributed by atoms with van der Waals surface area (Å²) in [5, 5.41) is 0. The van der Waals surface area contributed by atoms with Gasteiger partial charge in [-0.15, -0.1) is 0 Å². The summed E-state index contributed by atoms with van der Waals surface area (Å²) in [6.07, 6.45) is 3.27. The smallest absolute Gasteiger partial charge is 0.0723 e. The van der Waals surface area contributed by atoms with Crippen LogP contribution in [0.4, 0.5) is 11.4 Å². The zero-order chi connectivity index (χ0) is 12.8. The van der Waals surface area contributed by atoms with E-state index >= 15 is 0 Å². The normalized spacial score (nSPS) is 11.9. The van der Waals surface area contributed by atoms with Crippen molar-refractivity contribution in [3.63, 3.8) is 0 Å². The second kappa shape index (κ2) is 5.68. The third-order valence-corrected chi connectivity index (χ3v) is 2.47. The minimum atomic E-state index is 0.726. The largest absolute Gasteiger partial charge is 0.405 e. The van der Waals surface area contributed by atoms with Crippen LogP contribution in [0.3, 0.4) is 0 Å². The highest BCUT2D eigenvalue weighted by Gasteiger charge is 1.99. The van der Waals surface area contributed by atoms with Crippen molar-refractivity contribution in [1.29, 1.82) is 0 Å². The molecule has 0 atom stereocenters. The lowest BCUT2D eigenvalue weighted by atomic mass is 10.1. The first-order valence-corrected chi connectivity index (χ1v) is 5.67. The molecule has 3 heteroatoms. The Morgan fingerprint density at radius 2 is 1.61 bits per heavy atom. The molecule has 0 aliphatic carbocycles. The van der Waals surface area contributed by atoms with E-state index in [-0.39, 0.29) is 0 Å². The van der Waals surface area contributed by atoms with Crippen LogP contribution >= 0.6 is 0 Å². The molecular weight excluding hydrogens is 222 g/mol. The van der Waals surface area contributed by atoms with Crippen LogP contribution in [0.2, 0.25) is 0 Å². The average Bonchev–Trinajstić information content (AvgIpc) is 2.42. The second-order valence-electron chi connectivity index (χ2n) is 3.81. The van der Waals surface area contributed by atoms with Gasteiger partial charge in [0, 0.05) is 11.3 Å². The van der Waals surface area contributed by atoms with Crippen LogP contribution in [-0.4, -0.2) is 5.71 Å². The van der Waals surface area contributed by atoms with E-state index in [2.05, 4.69) is 4.99 Å². The summed E-state index contributed by atoms with van der Waals surface area (Å²) in [7, 11) is 0. The van der Waals surface area contributed by atoms with Crippen LogP contribution in [-0.2, 0) is 0 Å². The molecule has 0 aliphatic rings. The van der Waals surface area contributed by atoms with E-state index in [0.717, 1.165) is 22.6 Å². The van der Waals surface area contributed by atoms with Crippen LogP contribution < -0.4 is 11.5 Å². The van der Waals surface area contributed by atoms with Gasteiger partial charge in [0.1, 0.15) is 0 Å². The molecule has 2 rings (SSSR count). The zero-order valence-corrected chi connectivity index (χ0v) is 9.95. The highest BCUT2D eigenvalue weighted by atomic mass is 14.7. The first-order valence-electron chi connectivity index (χ1n) is 5.67. The highest BCUT2D eigenvalue weighted by Crippen LogP contribution is 2.16. The van der Waals surface area contributed by atoms with E-state index in [0.29, 0.717) is 0 Å². The van der Waals surface area contributed by atoms with Gasteiger partial charge in [0.25, 0.3) is 0 Å². The summed E-state index contributed by atoms with van der Waals surface area (Å²) in [6.45, 7) is 0. The molecule has 0 spiro atoms. The molecule has 4 N–H and O–H groups in total. The Hall–Kier alpha value is -2.55. The Bertz CT molecular complexity index is 554. The number of nitrogen functional groups attached to an aromatic ring is 1. The predicted octanol–water partition coefficient (Wildman–Crippen LogP) is 2.86. The first-order chi connectivity index (χ1) is 8.79. The molecule has 2 aromatic rings. The standard InChI is InChI=1S/C15H15N3/c16-11-10-15(12-4-2-1-3-5-12)18-14-8-6-13(17)7-9-14/h1-11H,16-17H2. The first kappa shape index (κ1) is 11.9. The maximum absolute atomic E-state index is 5.64. The average molecular weight is 237 g/mol. The maximum atomic E-state index is 5.64. The van der Waals surface area contributed by atoms with Crippen molar-refractivity contribution >= 4 is 17.1 Å². The number of benzene rings is 2. The lowest BCUT2D eigenvalue weighted by Crippen LogP contribution is -1.97. The van der Waals surface area contributed by atoms with Crippen LogP contribution in [0.25, 0.3) is 0 Å². The molecule has 2 aromatic carbocycles. The fourth-order valence-corrected chi connectivity index (χ4v) is 1.59. The van der Waals surface area contributed by atoms with Gasteiger partial charge in [0.05, 0.1) is 11.4 Å². The number of hydrogen-bond donors (Lipinski definition) is 2. The number of allylic oxidation sites excluding steroid dienone is 1. The molecule has 0 saturated carbocycles. The van der Waals surface area contributed by atoms with Gasteiger partial charge in [-0.2, -0.15) is 0 Å². The Morgan fingerprint density at radius 1 is 0.944 bits per heavy atom. The summed E-state index contributed by atoms with van der Waals surface area (Å²) in [6, 6.07) is 17.3. The molecule has 18 heavy (non-hydrogen) atoms. The number of aliphatic imine (C=N–C) groups is 1. The Morgan fingerprint density at radius 3 is 2.22 bits per heavy atom. The zero-order valence-electron chi connectivity index (χ0n) is 9.95. The second-order valence-corrected chi connectivity index (χ2v) is 3.81. The third kappa shape index (κ3) is 2.98. The quantitative estimate of drug-likeness (QED) is 0.636. The number of anilines is 1. The van der Waals surface area contributed by atoms with Crippen molar-refractivity contribution < 1.29 is 0 Å². The molecule has 0 aliphatic heterocycles. The van der Waals surface area contributed by atoms with E-state index in [1.165, 1.54) is 6.20 Å². The molecule has 0 radical (unpaired) electrons. The lowest BCUT2D eigenvalue weighted by Gasteiger charge is -2.02. The van der Waals surface area contributed by atoms with Crippen molar-refractivity contribution in [2.75, 3.05) is 5.73 Å². The van der Waals surface area contributed by atoms with Gasteiger partial charge < -0.3 is 11.5 Å². The molecule has 0 aromatic heterocycles. The van der Waals surface area contributed by atoms with Crippen molar-refractivity contribution in [3.05, 3.63) is 72.4 Å². The van der Waals surface area contributed by atoms with Crippen LogP contribution in [0.1, 0.15) is 5.56 Å². The number of nitrogens with two attached hydrogens (primary N) is 2. The van der Waals surface area contributed by atoms with Gasteiger partial charge in [0.2, 0.25) is 0 Å². The van der Waals surface area contributed by atoms with Gasteiger partial charge >= 0.3 is 0 Å². The van der Waals surface area contributed by atoms with E-state index in [9.17, 15) is 0 Å². The lowest BCUT2D eigenvalue weighted by molar-refractivity contribution is 1.49. The van der Waals surface area contributed by atoms with Crippen molar-refractivity contribution in [2.24, 2.45) is 10.7 Å². The van der Waals surface area contributed by atoms with Crippen LogP contribution in [0, 0.1) is 0 Å². The summed E-state index contributed by atoms with van der Waals surface area (Å²) in [5.74, 6) is 0. The number of rotatable bonds is 3. The summed E-state index contributed by atoms with van der Waals surface area (Å²) in [5.41, 5.74) is 14.5. The molecule has 0 heterocycles. The molecular formula is C15H15N3. The molecule has 90 valence electrons. The van der Waals surface area contributed by atoms with E-state index in [4.69, 9.17) is 11.5 Å². The fourth-order valence-electron chi connectivity index (χ4n) is 1.59. The Labute approximate surface area is 106 Å². The van der Waals surface area contributed by atoms with Gasteiger partial charge in [-0.05, 0) is 36.5 Å². The monoisotopic (exact) mass is 237 g/mol. The topological polar surface area (TPSA) is 64.4 Å². The molecule has 0 bridgehead atoms. The molecule has 3 nitrogen and oxygen atoms in total. The van der Waals surface area contributed by atoms with Gasteiger partial charge in [-0.25, -0.2) is 4.99 Å². The minimum Gasteiger partial charge on any atom is -0.405 e. The molecule has 0 amide bonds. The Kier molecular flexibility index (Phi) is 3.76. The third-order valence-electron chi connectivity index (χ3n) is 2.47. The summed E-state index contributed by atoms with van der Waals surface area (Å²) >= 11 is 0. The highest BCUT2D eigenvalue weighted by molar-refractivity contribution is 6.09. The van der Waals surface area contributed by atoms with E-state index < -0.39 is 0 Å². The summed E-state index contributed by atoms with van der Waals surface area (Å²) in [4.78, 5) is 4.55. The van der Waals surface area contributed by atoms with Gasteiger partial charge in [-0.3, -0.25) is 0 Å². The van der Waals surface area contributed by atoms with Gasteiger partial charge in [-0.1, -0.05) is 30.3 Å². The van der Waals surface area contributed by atoms with Gasteiger partial charge in [0.15, 0.2) is 0 Å². The van der Waals surface area contributed by atoms with E-state index in [1.54, 1.807) is 6.08 Å². The minimum absolute atomic E-state index is 0.726. The SMILES string of the molecule is NC=CC(=Nc1ccc(N)cc1)c1ccccc1. The van der Waals surface area contributed by atoms with Crippen molar-refractivity contribution in [2.45, 2.75) is 0 Å². The van der Waals surface area contributed by atoms with Crippen molar-refractivity contribution in [1.82, 2.24) is 0 Å². The van der Waals surface area contributed by atoms with Crippen LogP contribution in [0.15, 0.2) is 71.9 Å². The summed E-state index contributed by atoms with van der Waals surface area (Å²) < 4.78 is 0. The van der Waals surface area contributed by atoms with E-state index in [1.807, 2.05) is 54.6 Å². The molecule has 0 unspecified atom stereocenters. The van der Waals surface area contributed by atoms with Crippen molar-refractivity contribution in [3.8, 4) is 0 Å². The van der Waals surface area contributed by atoms with Crippen LogP contribution in [0.5, 0.6) is 0 Å². The molecule has 0 saturated heterocycles. The fraction of sp³-hybridized carbons (Fsp3) is 0. The maximum Gasteiger partial charge on any atom is 0.0723 e. The number of nitrogens with zero attached hydrogens (tertiary/aromatic N) is 1. The Balaban J connectivity index is 2.39.